The first-order chi connectivity index (χ1) is 20.6. The van der Waals surface area contributed by atoms with Crippen molar-refractivity contribution in [2.75, 3.05) is 6.54 Å². The predicted molar refractivity (Wildman–Crippen MR) is 181 cm³/mol. The minimum absolute atomic E-state index is 0.482. The van der Waals surface area contributed by atoms with E-state index in [1.54, 1.807) is 0 Å². The van der Waals surface area contributed by atoms with Gasteiger partial charge in [-0.2, -0.15) is 5.26 Å². The maximum Gasteiger partial charge on any atom is 0.101 e. The van der Waals surface area contributed by atoms with Gasteiger partial charge in [0.25, 0.3) is 0 Å². The van der Waals surface area contributed by atoms with Gasteiger partial charge >= 0.3 is 0 Å². The second-order valence-corrected chi connectivity index (χ2v) is 12.1. The number of hydrogen-bond acceptors (Lipinski definition) is 4. The molecular weight excluding hydrogens is 524 g/mol. The number of pyridine rings is 2. The second kappa shape index (κ2) is 14.2. The summed E-state index contributed by atoms with van der Waals surface area (Å²) < 4.78 is 0. The van der Waals surface area contributed by atoms with Gasteiger partial charge in [-0.3, -0.25) is 15.0 Å². The molecule has 0 saturated carbocycles. The van der Waals surface area contributed by atoms with E-state index in [1.165, 1.54) is 49.0 Å². The molecule has 0 atom stereocenters. The van der Waals surface area contributed by atoms with E-state index in [4.69, 9.17) is 5.26 Å². The molecule has 0 amide bonds. The van der Waals surface area contributed by atoms with Crippen molar-refractivity contribution in [1.82, 2.24) is 9.97 Å². The Morgan fingerprint density at radius 2 is 1.35 bits per heavy atom. The van der Waals surface area contributed by atoms with Gasteiger partial charge in [-0.25, -0.2) is 0 Å². The lowest BCUT2D eigenvalue weighted by atomic mass is 9.95. The highest BCUT2D eigenvalue weighted by Crippen LogP contribution is 2.27. The number of aryl methyl sites for hydroxylation is 2. The number of nitrogens with zero attached hydrogens (tertiary/aromatic N) is 4. The quantitative estimate of drug-likeness (QED) is 0.218. The van der Waals surface area contributed by atoms with Crippen LogP contribution in [0.1, 0.15) is 99.2 Å². The molecule has 43 heavy (non-hydrogen) atoms. The van der Waals surface area contributed by atoms with Crippen LogP contribution in [-0.2, 0) is 0 Å². The van der Waals surface area contributed by atoms with Crippen LogP contribution in [0.5, 0.6) is 0 Å². The summed E-state index contributed by atoms with van der Waals surface area (Å²) in [6.07, 6.45) is 8.91. The summed E-state index contributed by atoms with van der Waals surface area (Å²) in [5.74, 6) is 1.62. The van der Waals surface area contributed by atoms with Crippen LogP contribution < -0.4 is 10.6 Å². The van der Waals surface area contributed by atoms with E-state index in [0.717, 1.165) is 24.0 Å². The van der Waals surface area contributed by atoms with E-state index in [1.807, 2.05) is 24.7 Å². The second-order valence-electron chi connectivity index (χ2n) is 12.1. The first-order valence-electron chi connectivity index (χ1n) is 15.4. The molecule has 5 aromatic rings. The minimum Gasteiger partial charge on any atom is -0.283 e. The lowest BCUT2D eigenvalue weighted by molar-refractivity contribution is 0.841. The summed E-state index contributed by atoms with van der Waals surface area (Å²) >= 11 is 0. The Balaban J connectivity index is 0.000000148. The molecule has 0 unspecified atom stereocenters. The topological polar surface area (TPSA) is 61.9 Å². The normalized spacial score (nSPS) is 12.0. The molecule has 3 heterocycles. The van der Waals surface area contributed by atoms with E-state index in [0.29, 0.717) is 23.3 Å². The Morgan fingerprint density at radius 1 is 0.698 bits per heavy atom. The Kier molecular flexibility index (Phi) is 10.4. The van der Waals surface area contributed by atoms with Crippen molar-refractivity contribution in [1.29, 1.82) is 5.26 Å². The molecule has 4 heteroatoms. The van der Waals surface area contributed by atoms with Crippen LogP contribution in [0.25, 0.3) is 27.6 Å². The Labute approximate surface area is 256 Å². The molecule has 6 rings (SSSR count). The first kappa shape index (κ1) is 31.6. The van der Waals surface area contributed by atoms with Crippen LogP contribution in [0, 0.1) is 25.2 Å². The van der Waals surface area contributed by atoms with E-state index in [-0.39, 0.29) is 0 Å². The van der Waals surface area contributed by atoms with Crippen molar-refractivity contribution in [3.05, 3.63) is 117 Å². The van der Waals surface area contributed by atoms with Crippen LogP contribution in [0.2, 0.25) is 0 Å². The number of hydrogen-bond donors (Lipinski definition) is 0. The number of nitriles is 1. The van der Waals surface area contributed by atoms with Gasteiger partial charge in [-0.1, -0.05) is 84.0 Å². The van der Waals surface area contributed by atoms with Crippen molar-refractivity contribution in [3.63, 3.8) is 0 Å². The molecule has 0 saturated heterocycles. The average Bonchev–Trinajstić information content (AvgIpc) is 3.01. The van der Waals surface area contributed by atoms with Crippen molar-refractivity contribution in [2.45, 2.75) is 79.6 Å². The summed E-state index contributed by atoms with van der Waals surface area (Å²) in [5.41, 5.74) is 7.24. The largest absolute Gasteiger partial charge is 0.283 e. The van der Waals surface area contributed by atoms with E-state index in [9.17, 15) is 0 Å². The average molecular weight is 569 g/mol. The van der Waals surface area contributed by atoms with Crippen LogP contribution in [0.15, 0.2) is 78.2 Å². The minimum atomic E-state index is 0.482. The van der Waals surface area contributed by atoms with Gasteiger partial charge in [0.15, 0.2) is 0 Å². The maximum absolute atomic E-state index is 9.00. The van der Waals surface area contributed by atoms with Crippen LogP contribution in [-0.4, -0.2) is 16.5 Å². The molecule has 220 valence electrons. The fourth-order valence-corrected chi connectivity index (χ4v) is 5.73. The molecule has 0 N–H and O–H groups in total. The fraction of sp³-hybridized carbons (Fsp3) is 0.333. The summed E-state index contributed by atoms with van der Waals surface area (Å²) in [4.78, 5) is 12.9. The van der Waals surface area contributed by atoms with E-state index in [2.05, 4.69) is 131 Å². The van der Waals surface area contributed by atoms with Crippen LogP contribution in [0.3, 0.4) is 0 Å². The maximum atomic E-state index is 9.00. The summed E-state index contributed by atoms with van der Waals surface area (Å²) in [6, 6.07) is 21.2. The Morgan fingerprint density at radius 3 is 2.05 bits per heavy atom. The lowest BCUT2D eigenvalue weighted by Gasteiger charge is -2.11. The molecule has 2 aromatic heterocycles. The molecule has 0 fully saturated rings. The zero-order valence-corrected chi connectivity index (χ0v) is 26.9. The number of benzene rings is 3. The standard InChI is InChI=1S/C13H14N2.2C13H15N/c1-9(2)11-6-5-10(8-14)13-12(11)4-3-7-15-13;1-9(2)11-5-4-10(3)13-8-14-7-6-12(11)13;1-9(2)11-5-4-6-12-10(3)14-8-7-13(11)12/h4-6,9H,3,7H2,1-2H3;2*4-9H,1-3H3. The molecule has 3 aromatic carbocycles. The van der Waals surface area contributed by atoms with Gasteiger partial charge in [0.2, 0.25) is 0 Å². The van der Waals surface area contributed by atoms with Crippen LogP contribution in [0.4, 0.5) is 0 Å². The van der Waals surface area contributed by atoms with E-state index >= 15 is 0 Å². The van der Waals surface area contributed by atoms with Crippen molar-refractivity contribution < 1.29 is 0 Å². The van der Waals surface area contributed by atoms with E-state index < -0.39 is 0 Å². The Bertz CT molecular complexity index is 1850. The fourth-order valence-electron chi connectivity index (χ4n) is 5.73. The zero-order valence-electron chi connectivity index (χ0n) is 26.9. The highest BCUT2D eigenvalue weighted by Gasteiger charge is 2.09. The van der Waals surface area contributed by atoms with Gasteiger partial charge < -0.3 is 0 Å². The number of fused-ring (bicyclic) bond motifs is 3. The molecule has 0 radical (unpaired) electrons. The third-order valence-electron chi connectivity index (χ3n) is 8.09. The third-order valence-corrected chi connectivity index (χ3v) is 8.09. The predicted octanol–water partition coefficient (Wildman–Crippen LogP) is 8.82. The molecule has 1 aliphatic heterocycles. The smallest absolute Gasteiger partial charge is 0.101 e. The summed E-state index contributed by atoms with van der Waals surface area (Å²) in [7, 11) is 0. The monoisotopic (exact) mass is 568 g/mol. The van der Waals surface area contributed by atoms with Crippen molar-refractivity contribution in [2.24, 2.45) is 4.99 Å². The van der Waals surface area contributed by atoms with Gasteiger partial charge in [0.05, 0.1) is 10.9 Å². The molecule has 0 bridgehead atoms. The van der Waals surface area contributed by atoms with Gasteiger partial charge in [0, 0.05) is 46.8 Å². The highest BCUT2D eigenvalue weighted by atomic mass is 14.7. The molecule has 0 aliphatic carbocycles. The first-order valence-corrected chi connectivity index (χ1v) is 15.4. The summed E-state index contributed by atoms with van der Waals surface area (Å²) in [6.45, 7) is 18.3. The van der Waals surface area contributed by atoms with Crippen molar-refractivity contribution >= 4 is 27.6 Å². The zero-order chi connectivity index (χ0) is 31.1. The third kappa shape index (κ3) is 7.17. The number of rotatable bonds is 3. The SMILES string of the molecule is CC(C)c1ccc(C#N)c2c1=CCCN=2.Cc1ccc(C(C)C)c2ccncc12.Cc1nccc2c(C(C)C)cccc12. The van der Waals surface area contributed by atoms with Crippen molar-refractivity contribution in [3.8, 4) is 6.07 Å². The van der Waals surface area contributed by atoms with Crippen LogP contribution >= 0.6 is 0 Å². The molecule has 0 spiro atoms. The molecular formula is C39H44N4. The van der Waals surface area contributed by atoms with Gasteiger partial charge in [-0.15, -0.1) is 0 Å². The Hall–Kier alpha value is -4.36. The molecule has 1 aliphatic rings. The highest BCUT2D eigenvalue weighted by molar-refractivity contribution is 5.88. The number of aromatic nitrogens is 2. The van der Waals surface area contributed by atoms with Gasteiger partial charge in [-0.05, 0) is 89.2 Å². The summed E-state index contributed by atoms with van der Waals surface area (Å²) in [5, 5.41) is 16.3. The van der Waals surface area contributed by atoms with Gasteiger partial charge in [0.1, 0.15) is 6.07 Å². The molecule has 4 nitrogen and oxygen atoms in total. The lowest BCUT2D eigenvalue weighted by Crippen LogP contribution is -2.34.